The number of rotatable bonds is 3. The van der Waals surface area contributed by atoms with E-state index < -0.39 is 11.8 Å². The number of hydrogen-bond acceptors (Lipinski definition) is 5. The van der Waals surface area contributed by atoms with Crippen molar-refractivity contribution in [1.29, 1.82) is 0 Å². The molecule has 0 saturated heterocycles. The maximum atomic E-state index is 13.4. The summed E-state index contributed by atoms with van der Waals surface area (Å²) >= 11 is 0. The number of phenolic OH excluding ortho intramolecular Hbond substituents is 1. The van der Waals surface area contributed by atoms with Gasteiger partial charge in [-0.3, -0.25) is 13.9 Å². The third kappa shape index (κ3) is 2.80. The van der Waals surface area contributed by atoms with Crippen LogP contribution < -0.4 is 16.0 Å². The normalized spacial score (nSPS) is 15.7. The predicted octanol–water partition coefficient (Wildman–Crippen LogP) is 2.54. The Morgan fingerprint density at radius 2 is 1.75 bits per heavy atom. The second kappa shape index (κ2) is 7.42. The second-order valence-corrected chi connectivity index (χ2v) is 7.85. The van der Waals surface area contributed by atoms with E-state index in [1.54, 1.807) is 32.4 Å². The highest BCUT2D eigenvalue weighted by Gasteiger charge is 2.34. The van der Waals surface area contributed by atoms with E-state index in [4.69, 9.17) is 9.47 Å². The lowest BCUT2D eigenvalue weighted by Gasteiger charge is -2.28. The van der Waals surface area contributed by atoms with Crippen LogP contribution in [0.25, 0.3) is 22.2 Å². The Morgan fingerprint density at radius 1 is 1.03 bits per heavy atom. The SMILES string of the molecule is COc1ccc(-c2c3c(=O)n(C)c(=O)n(C)c3c3n2CCO[C@H]3c2ccccc2O)cc1. The summed E-state index contributed by atoms with van der Waals surface area (Å²) in [5.74, 6) is 0.805. The Kier molecular flexibility index (Phi) is 4.67. The average Bonchev–Trinajstić information content (AvgIpc) is 3.17. The third-order valence-electron chi connectivity index (χ3n) is 6.14. The van der Waals surface area contributed by atoms with E-state index in [0.29, 0.717) is 41.1 Å². The maximum absolute atomic E-state index is 13.4. The summed E-state index contributed by atoms with van der Waals surface area (Å²) < 4.78 is 16.0. The number of aromatic hydroxyl groups is 1. The molecular formula is C24H23N3O5. The van der Waals surface area contributed by atoms with E-state index in [9.17, 15) is 14.7 Å². The molecule has 164 valence electrons. The number of nitrogens with zero attached hydrogens (tertiary/aromatic N) is 3. The summed E-state index contributed by atoms with van der Waals surface area (Å²) in [6.45, 7) is 0.900. The van der Waals surface area contributed by atoms with Gasteiger partial charge in [-0.15, -0.1) is 0 Å². The molecule has 0 fully saturated rings. The summed E-state index contributed by atoms with van der Waals surface area (Å²) in [6.07, 6.45) is -0.628. The van der Waals surface area contributed by atoms with E-state index in [1.807, 2.05) is 34.9 Å². The van der Waals surface area contributed by atoms with Gasteiger partial charge in [0.25, 0.3) is 5.56 Å². The topological polar surface area (TPSA) is 87.6 Å². The molecule has 2 aromatic heterocycles. The van der Waals surface area contributed by atoms with Crippen molar-refractivity contribution in [2.75, 3.05) is 13.7 Å². The van der Waals surface area contributed by atoms with Gasteiger partial charge in [-0.1, -0.05) is 18.2 Å². The molecule has 0 spiro atoms. The lowest BCUT2D eigenvalue weighted by atomic mass is 10.0. The Morgan fingerprint density at radius 3 is 2.44 bits per heavy atom. The molecule has 1 aliphatic rings. The molecule has 0 radical (unpaired) electrons. The van der Waals surface area contributed by atoms with Crippen molar-refractivity contribution in [1.82, 2.24) is 13.7 Å². The van der Waals surface area contributed by atoms with Crippen LogP contribution in [0, 0.1) is 0 Å². The molecule has 32 heavy (non-hydrogen) atoms. The van der Waals surface area contributed by atoms with Crippen LogP contribution in [0.3, 0.4) is 0 Å². The third-order valence-corrected chi connectivity index (χ3v) is 6.14. The fourth-order valence-corrected chi connectivity index (χ4v) is 4.57. The van der Waals surface area contributed by atoms with Gasteiger partial charge in [0, 0.05) is 26.2 Å². The smallest absolute Gasteiger partial charge is 0.331 e. The number of fused-ring (bicyclic) bond motifs is 3. The second-order valence-electron chi connectivity index (χ2n) is 7.85. The fourth-order valence-electron chi connectivity index (χ4n) is 4.57. The molecule has 5 rings (SSSR count). The molecule has 1 N–H and O–H groups in total. The number of aromatic nitrogens is 3. The van der Waals surface area contributed by atoms with Crippen molar-refractivity contribution in [3.63, 3.8) is 0 Å². The monoisotopic (exact) mass is 433 g/mol. The highest BCUT2D eigenvalue weighted by molar-refractivity contribution is 5.96. The van der Waals surface area contributed by atoms with Gasteiger partial charge in [0.2, 0.25) is 0 Å². The van der Waals surface area contributed by atoms with Crippen LogP contribution in [0.5, 0.6) is 11.5 Å². The fraction of sp³-hybridized carbons (Fsp3) is 0.250. The van der Waals surface area contributed by atoms with Crippen LogP contribution in [-0.2, 0) is 25.4 Å². The van der Waals surface area contributed by atoms with Crippen molar-refractivity contribution >= 4 is 10.9 Å². The molecule has 0 unspecified atom stereocenters. The Labute approximate surface area is 183 Å². The molecule has 0 amide bonds. The molecule has 8 heteroatoms. The number of ether oxygens (including phenoxy) is 2. The van der Waals surface area contributed by atoms with E-state index in [0.717, 1.165) is 15.8 Å². The first-order valence-corrected chi connectivity index (χ1v) is 10.3. The number of phenols is 1. The first-order valence-electron chi connectivity index (χ1n) is 10.3. The largest absolute Gasteiger partial charge is 0.508 e. The summed E-state index contributed by atoms with van der Waals surface area (Å²) in [5, 5.41) is 11.0. The van der Waals surface area contributed by atoms with Crippen molar-refractivity contribution in [3.8, 4) is 22.8 Å². The molecule has 0 saturated carbocycles. The number of hydrogen-bond donors (Lipinski definition) is 1. The lowest BCUT2D eigenvalue weighted by Crippen LogP contribution is -2.37. The average molecular weight is 433 g/mol. The molecule has 8 nitrogen and oxygen atoms in total. The minimum atomic E-state index is -0.628. The van der Waals surface area contributed by atoms with Crippen molar-refractivity contribution in [3.05, 3.63) is 80.6 Å². The summed E-state index contributed by atoms with van der Waals surface area (Å²) in [7, 11) is 4.73. The Balaban J connectivity index is 1.93. The summed E-state index contributed by atoms with van der Waals surface area (Å²) in [4.78, 5) is 26.2. The molecule has 0 aliphatic carbocycles. The molecule has 3 heterocycles. The standard InChI is InChI=1S/C24H23N3O5/c1-25-20-18(23(29)26(2)24(25)30)19(14-8-10-15(31-3)11-9-14)27-12-13-32-22(21(20)27)16-6-4-5-7-17(16)28/h4-11,22,28H,12-13H2,1-3H3/t22-/m0/s1. The van der Waals surface area contributed by atoms with Crippen LogP contribution in [0.15, 0.2) is 58.1 Å². The van der Waals surface area contributed by atoms with Crippen molar-refractivity contribution in [2.24, 2.45) is 14.1 Å². The number of methoxy groups -OCH3 is 1. The first kappa shape index (κ1) is 20.1. The van der Waals surface area contributed by atoms with Crippen LogP contribution in [0.2, 0.25) is 0 Å². The van der Waals surface area contributed by atoms with Gasteiger partial charge in [-0.2, -0.15) is 0 Å². The number of benzene rings is 2. The zero-order valence-electron chi connectivity index (χ0n) is 18.0. The Hall–Kier alpha value is -3.78. The quantitative estimate of drug-likeness (QED) is 0.537. The van der Waals surface area contributed by atoms with Crippen LogP contribution >= 0.6 is 0 Å². The maximum Gasteiger partial charge on any atom is 0.331 e. The zero-order valence-corrected chi connectivity index (χ0v) is 18.0. The van der Waals surface area contributed by atoms with Gasteiger partial charge in [-0.05, 0) is 35.9 Å². The summed E-state index contributed by atoms with van der Waals surface area (Å²) in [6, 6.07) is 14.4. The van der Waals surface area contributed by atoms with Gasteiger partial charge in [0.05, 0.1) is 36.0 Å². The van der Waals surface area contributed by atoms with Crippen molar-refractivity contribution in [2.45, 2.75) is 12.6 Å². The van der Waals surface area contributed by atoms with E-state index in [-0.39, 0.29) is 11.3 Å². The minimum absolute atomic E-state index is 0.0973. The number of aryl methyl sites for hydroxylation is 1. The van der Waals surface area contributed by atoms with E-state index in [2.05, 4.69) is 0 Å². The molecule has 4 aromatic rings. The Bertz CT molecular complexity index is 1460. The van der Waals surface area contributed by atoms with Gasteiger partial charge in [0.1, 0.15) is 17.6 Å². The molecule has 1 aliphatic heterocycles. The zero-order chi connectivity index (χ0) is 22.6. The van der Waals surface area contributed by atoms with Crippen LogP contribution in [0.1, 0.15) is 17.4 Å². The van der Waals surface area contributed by atoms with Crippen molar-refractivity contribution < 1.29 is 14.6 Å². The number of para-hydroxylation sites is 1. The highest BCUT2D eigenvalue weighted by Crippen LogP contribution is 2.42. The highest BCUT2D eigenvalue weighted by atomic mass is 16.5. The van der Waals surface area contributed by atoms with Gasteiger partial charge in [-0.25, -0.2) is 4.79 Å². The molecule has 1 atom stereocenters. The van der Waals surface area contributed by atoms with Crippen LogP contribution in [0.4, 0.5) is 0 Å². The first-order chi connectivity index (χ1) is 15.4. The predicted molar refractivity (Wildman–Crippen MR) is 120 cm³/mol. The van der Waals surface area contributed by atoms with Gasteiger partial charge >= 0.3 is 5.69 Å². The van der Waals surface area contributed by atoms with Gasteiger partial charge < -0.3 is 19.1 Å². The van der Waals surface area contributed by atoms with Gasteiger partial charge in [0.15, 0.2) is 0 Å². The minimum Gasteiger partial charge on any atom is -0.508 e. The van der Waals surface area contributed by atoms with E-state index >= 15 is 0 Å². The van der Waals surface area contributed by atoms with Crippen LogP contribution in [-0.4, -0.2) is 32.5 Å². The summed E-state index contributed by atoms with van der Waals surface area (Å²) in [5.41, 5.74) is 2.54. The van der Waals surface area contributed by atoms with E-state index in [1.165, 1.54) is 11.6 Å². The molecular weight excluding hydrogens is 410 g/mol. The molecule has 0 bridgehead atoms. The lowest BCUT2D eigenvalue weighted by molar-refractivity contribution is 0.0464. The molecule has 2 aromatic carbocycles.